The highest BCUT2D eigenvalue weighted by molar-refractivity contribution is 5.98. The van der Waals surface area contributed by atoms with Gasteiger partial charge in [-0.2, -0.15) is 0 Å². The molecule has 0 radical (unpaired) electrons. The van der Waals surface area contributed by atoms with Crippen LogP contribution in [0.2, 0.25) is 0 Å². The summed E-state index contributed by atoms with van der Waals surface area (Å²) in [6.45, 7) is 5.58. The molecular formula is C34H46F2N2O2. The highest BCUT2D eigenvalue weighted by Crippen LogP contribution is 2.24. The third-order valence-electron chi connectivity index (χ3n) is 8.71. The maximum absolute atomic E-state index is 13.5. The van der Waals surface area contributed by atoms with Crippen LogP contribution in [0.4, 0.5) is 8.78 Å². The molecule has 2 heterocycles. The fourth-order valence-electron chi connectivity index (χ4n) is 6.35. The lowest BCUT2D eigenvalue weighted by Crippen LogP contribution is -2.35. The molecule has 6 heteroatoms. The molecular weight excluding hydrogens is 506 g/mol. The van der Waals surface area contributed by atoms with Gasteiger partial charge in [-0.05, 0) is 113 Å². The average molecular weight is 553 g/mol. The van der Waals surface area contributed by atoms with Crippen LogP contribution in [0.15, 0.2) is 48.5 Å². The molecule has 2 aromatic rings. The van der Waals surface area contributed by atoms with Gasteiger partial charge >= 0.3 is 0 Å². The molecule has 2 atom stereocenters. The molecule has 0 spiro atoms. The number of nitrogens with zero attached hydrogens (tertiary/aromatic N) is 2. The van der Waals surface area contributed by atoms with E-state index < -0.39 is 0 Å². The van der Waals surface area contributed by atoms with Crippen LogP contribution in [0.5, 0.6) is 0 Å². The Labute approximate surface area is 239 Å². The standard InChI is InChI=1S/C34H46F2N2O2/c35-31-17-13-27(14-18-31)33(39)29(25-37-21-7-1-2-8-22-37)11-5-6-12-30(26-38-23-9-3-4-10-24-38)34(40)28-15-19-32(36)20-16-28/h13-20,29-30H,1-12,21-26H2. The van der Waals surface area contributed by atoms with Crippen LogP contribution in [-0.2, 0) is 0 Å². The van der Waals surface area contributed by atoms with E-state index >= 15 is 0 Å². The SMILES string of the molecule is O=C(c1ccc(F)cc1)C(CCCCC(CN1CCCCCC1)C(=O)c1ccc(F)cc1)CN1CCCCCC1. The van der Waals surface area contributed by atoms with Gasteiger partial charge in [0.05, 0.1) is 0 Å². The number of carbonyl (C=O) groups is 2. The highest BCUT2D eigenvalue weighted by atomic mass is 19.1. The third-order valence-corrected chi connectivity index (χ3v) is 8.71. The van der Waals surface area contributed by atoms with Gasteiger partial charge in [0, 0.05) is 36.1 Å². The quantitative estimate of drug-likeness (QED) is 0.190. The molecule has 0 aromatic heterocycles. The second-order valence-corrected chi connectivity index (χ2v) is 11.9. The maximum Gasteiger partial charge on any atom is 0.167 e. The fourth-order valence-corrected chi connectivity index (χ4v) is 6.35. The minimum atomic E-state index is -0.332. The van der Waals surface area contributed by atoms with Gasteiger partial charge < -0.3 is 9.80 Å². The maximum atomic E-state index is 13.5. The topological polar surface area (TPSA) is 40.6 Å². The Morgan fingerprint density at radius 1 is 0.550 bits per heavy atom. The minimum Gasteiger partial charge on any atom is -0.303 e. The van der Waals surface area contributed by atoms with Crippen molar-refractivity contribution in [3.05, 3.63) is 71.3 Å². The molecule has 2 aliphatic rings. The molecule has 0 aliphatic carbocycles. The Bertz CT molecular complexity index is 955. The molecule has 218 valence electrons. The average Bonchev–Trinajstić information content (AvgIpc) is 3.39. The van der Waals surface area contributed by atoms with E-state index in [0.717, 1.165) is 65.0 Å². The highest BCUT2D eigenvalue weighted by Gasteiger charge is 2.26. The van der Waals surface area contributed by atoms with Crippen LogP contribution >= 0.6 is 0 Å². The van der Waals surface area contributed by atoms with Crippen molar-refractivity contribution in [3.63, 3.8) is 0 Å². The van der Waals surface area contributed by atoms with Gasteiger partial charge in [-0.3, -0.25) is 9.59 Å². The normalized spacial score (nSPS) is 18.9. The van der Waals surface area contributed by atoms with E-state index in [2.05, 4.69) is 9.80 Å². The number of ketones is 2. The van der Waals surface area contributed by atoms with E-state index in [1.807, 2.05) is 0 Å². The molecule has 0 amide bonds. The van der Waals surface area contributed by atoms with Crippen molar-refractivity contribution >= 4 is 11.6 Å². The van der Waals surface area contributed by atoms with E-state index in [0.29, 0.717) is 11.1 Å². The third kappa shape index (κ3) is 9.59. The number of rotatable bonds is 13. The summed E-state index contributed by atoms with van der Waals surface area (Å²) in [5, 5.41) is 0. The van der Waals surface area contributed by atoms with Crippen LogP contribution in [0, 0.1) is 23.5 Å². The first-order chi connectivity index (χ1) is 19.5. The number of unbranched alkanes of at least 4 members (excludes halogenated alkanes) is 1. The van der Waals surface area contributed by atoms with E-state index in [1.54, 1.807) is 24.3 Å². The molecule has 40 heavy (non-hydrogen) atoms. The van der Waals surface area contributed by atoms with Crippen molar-refractivity contribution in [2.45, 2.75) is 77.0 Å². The lowest BCUT2D eigenvalue weighted by Gasteiger charge is -2.27. The number of hydrogen-bond donors (Lipinski definition) is 0. The van der Waals surface area contributed by atoms with Crippen LogP contribution in [0.3, 0.4) is 0 Å². The van der Waals surface area contributed by atoms with Crippen molar-refractivity contribution in [1.82, 2.24) is 9.80 Å². The van der Waals surface area contributed by atoms with E-state index in [-0.39, 0.29) is 35.0 Å². The smallest absolute Gasteiger partial charge is 0.167 e. The number of carbonyl (C=O) groups excluding carboxylic acids is 2. The Hall–Kier alpha value is -2.44. The summed E-state index contributed by atoms with van der Waals surface area (Å²) >= 11 is 0. The number of halogens is 2. The summed E-state index contributed by atoms with van der Waals surface area (Å²) in [6.07, 6.45) is 12.9. The van der Waals surface area contributed by atoms with Crippen LogP contribution in [0.1, 0.15) is 97.8 Å². The first-order valence-corrected chi connectivity index (χ1v) is 15.5. The molecule has 2 saturated heterocycles. The van der Waals surface area contributed by atoms with Crippen molar-refractivity contribution in [3.8, 4) is 0 Å². The van der Waals surface area contributed by atoms with E-state index in [9.17, 15) is 18.4 Å². The van der Waals surface area contributed by atoms with Gasteiger partial charge in [0.1, 0.15) is 11.6 Å². The molecule has 0 bridgehead atoms. The second-order valence-electron chi connectivity index (χ2n) is 11.9. The van der Waals surface area contributed by atoms with Gasteiger partial charge in [-0.15, -0.1) is 0 Å². The number of benzene rings is 2. The lowest BCUT2D eigenvalue weighted by atomic mass is 9.88. The number of hydrogen-bond acceptors (Lipinski definition) is 4. The van der Waals surface area contributed by atoms with E-state index in [1.165, 1.54) is 75.6 Å². The summed E-state index contributed by atoms with van der Waals surface area (Å²) < 4.78 is 27.0. The first kappa shape index (κ1) is 30.5. The van der Waals surface area contributed by atoms with Gasteiger partial charge in [0.2, 0.25) is 0 Å². The predicted molar refractivity (Wildman–Crippen MR) is 157 cm³/mol. The lowest BCUT2D eigenvalue weighted by molar-refractivity contribution is 0.0848. The van der Waals surface area contributed by atoms with Crippen LogP contribution < -0.4 is 0 Å². The Balaban J connectivity index is 1.39. The van der Waals surface area contributed by atoms with Crippen molar-refractivity contribution in [2.75, 3.05) is 39.3 Å². The van der Waals surface area contributed by atoms with E-state index in [4.69, 9.17) is 0 Å². The van der Waals surface area contributed by atoms with Crippen molar-refractivity contribution in [2.24, 2.45) is 11.8 Å². The Kier molecular flexibility index (Phi) is 12.3. The Morgan fingerprint density at radius 2 is 0.875 bits per heavy atom. The zero-order valence-electron chi connectivity index (χ0n) is 24.0. The van der Waals surface area contributed by atoms with Gasteiger partial charge in [0.15, 0.2) is 11.6 Å². The fraction of sp³-hybridized carbons (Fsp3) is 0.588. The van der Waals surface area contributed by atoms with Gasteiger partial charge in [-0.1, -0.05) is 38.5 Å². The molecule has 0 N–H and O–H groups in total. The van der Waals surface area contributed by atoms with Crippen LogP contribution in [0.25, 0.3) is 0 Å². The molecule has 4 nitrogen and oxygen atoms in total. The summed E-state index contributed by atoms with van der Waals surface area (Å²) in [7, 11) is 0. The number of Topliss-reactive ketones (excluding diaryl/α,β-unsaturated/α-hetero) is 2. The predicted octanol–water partition coefficient (Wildman–Crippen LogP) is 7.58. The van der Waals surface area contributed by atoms with Crippen molar-refractivity contribution in [1.29, 1.82) is 0 Å². The summed E-state index contributed by atoms with van der Waals surface area (Å²) in [6, 6.07) is 11.9. The molecule has 2 aliphatic heterocycles. The summed E-state index contributed by atoms with van der Waals surface area (Å²) in [5.74, 6) is -0.759. The van der Waals surface area contributed by atoms with Gasteiger partial charge in [-0.25, -0.2) is 8.78 Å². The largest absolute Gasteiger partial charge is 0.303 e. The molecule has 2 unspecified atom stereocenters. The van der Waals surface area contributed by atoms with Crippen molar-refractivity contribution < 1.29 is 18.4 Å². The molecule has 2 aromatic carbocycles. The second kappa shape index (κ2) is 16.1. The molecule has 2 fully saturated rings. The minimum absolute atomic E-state index is 0.0905. The monoisotopic (exact) mass is 552 g/mol. The summed E-state index contributed by atoms with van der Waals surface area (Å²) in [4.78, 5) is 31.9. The molecule has 4 rings (SSSR count). The zero-order valence-corrected chi connectivity index (χ0v) is 24.0. The van der Waals surface area contributed by atoms with Gasteiger partial charge in [0.25, 0.3) is 0 Å². The Morgan fingerprint density at radius 3 is 1.20 bits per heavy atom. The molecule has 0 saturated carbocycles. The van der Waals surface area contributed by atoms with Crippen LogP contribution in [-0.4, -0.2) is 60.6 Å². The zero-order chi connectivity index (χ0) is 28.2. The number of likely N-dealkylation sites (tertiary alicyclic amines) is 2. The summed E-state index contributed by atoms with van der Waals surface area (Å²) in [5.41, 5.74) is 1.15. The first-order valence-electron chi connectivity index (χ1n) is 15.5.